The quantitative estimate of drug-likeness (QED) is 0.379. The highest BCUT2D eigenvalue weighted by Gasteiger charge is 2.29. The molecule has 0 bridgehead atoms. The number of aliphatic carboxylic acids is 1. The number of hydrogen-bond acceptors (Lipinski definition) is 6. The minimum absolute atomic E-state index is 0.0702. The molecule has 32 heavy (non-hydrogen) atoms. The van der Waals surface area contributed by atoms with Crippen LogP contribution in [0.5, 0.6) is 5.75 Å². The van der Waals surface area contributed by atoms with Crippen LogP contribution in [0.4, 0.5) is 5.69 Å². The molecular formula is C23H23BrClN3O4. The number of carboxylic acids is 1. The monoisotopic (exact) mass is 519 g/mol. The molecule has 0 amide bonds. The number of ether oxygens (including phenoxy) is 1. The Kier molecular flexibility index (Phi) is 6.71. The zero-order valence-electron chi connectivity index (χ0n) is 17.6. The number of aromatic nitrogens is 2. The number of carboxylic acid groups (broad SMARTS) is 1. The van der Waals surface area contributed by atoms with E-state index in [-0.39, 0.29) is 18.1 Å². The summed E-state index contributed by atoms with van der Waals surface area (Å²) in [4.78, 5) is 15.7. The summed E-state index contributed by atoms with van der Waals surface area (Å²) < 4.78 is 12.0. The molecule has 4 rings (SSSR count). The van der Waals surface area contributed by atoms with Crippen LogP contribution in [0.15, 0.2) is 45.4 Å². The van der Waals surface area contributed by atoms with Gasteiger partial charge in [-0.1, -0.05) is 16.8 Å². The van der Waals surface area contributed by atoms with Crippen molar-refractivity contribution in [3.8, 4) is 28.6 Å². The standard InChI is InChI=1S/C23H23BrClN3O4/c1-12(2)31-20-8-4-13(10-18(20)24)21-27-22(32-28-21)17-7-6-16(11-19(17)25)26-15-5-3-14(9-15)23(29)30/h4,6-8,10-12,14-15,26H,3,5,9H2,1-2H3,(H,29,30)/t14-,15+/m1/s1. The van der Waals surface area contributed by atoms with Gasteiger partial charge in [0.25, 0.3) is 5.89 Å². The Labute approximate surface area is 199 Å². The molecule has 2 atom stereocenters. The number of benzene rings is 2. The van der Waals surface area contributed by atoms with Crippen LogP contribution in [-0.4, -0.2) is 33.4 Å². The lowest BCUT2D eigenvalue weighted by Crippen LogP contribution is -2.17. The highest BCUT2D eigenvalue weighted by Crippen LogP contribution is 2.34. The predicted molar refractivity (Wildman–Crippen MR) is 126 cm³/mol. The van der Waals surface area contributed by atoms with E-state index in [1.807, 2.05) is 44.2 Å². The zero-order valence-corrected chi connectivity index (χ0v) is 20.0. The van der Waals surface area contributed by atoms with E-state index < -0.39 is 5.97 Å². The average molecular weight is 521 g/mol. The first-order valence-corrected chi connectivity index (χ1v) is 11.6. The van der Waals surface area contributed by atoms with E-state index in [0.29, 0.717) is 35.1 Å². The fourth-order valence-corrected chi connectivity index (χ4v) is 4.52. The molecule has 0 spiro atoms. The number of rotatable bonds is 7. The highest BCUT2D eigenvalue weighted by atomic mass is 79.9. The van der Waals surface area contributed by atoms with Crippen molar-refractivity contribution < 1.29 is 19.2 Å². The topological polar surface area (TPSA) is 97.5 Å². The Morgan fingerprint density at radius 3 is 2.75 bits per heavy atom. The number of halogens is 2. The number of anilines is 1. The second-order valence-electron chi connectivity index (χ2n) is 8.12. The van der Waals surface area contributed by atoms with Gasteiger partial charge in [-0.2, -0.15) is 4.98 Å². The number of nitrogens with one attached hydrogen (secondary N) is 1. The normalized spacial score (nSPS) is 18.2. The van der Waals surface area contributed by atoms with Crippen molar-refractivity contribution >= 4 is 39.2 Å². The Bertz CT molecular complexity index is 1130. The molecule has 9 heteroatoms. The third-order valence-corrected chi connectivity index (χ3v) is 6.26. The molecule has 3 aromatic rings. The first-order chi connectivity index (χ1) is 15.3. The summed E-state index contributed by atoms with van der Waals surface area (Å²) in [6, 6.07) is 11.2. The Balaban J connectivity index is 1.48. The van der Waals surface area contributed by atoms with Crippen molar-refractivity contribution in [1.29, 1.82) is 0 Å². The Morgan fingerprint density at radius 2 is 2.09 bits per heavy atom. The molecule has 0 radical (unpaired) electrons. The highest BCUT2D eigenvalue weighted by molar-refractivity contribution is 9.10. The minimum Gasteiger partial charge on any atom is -0.490 e. The van der Waals surface area contributed by atoms with Crippen molar-refractivity contribution in [2.45, 2.75) is 45.3 Å². The summed E-state index contributed by atoms with van der Waals surface area (Å²) in [5, 5.41) is 17.1. The Morgan fingerprint density at radius 1 is 1.28 bits per heavy atom. The van der Waals surface area contributed by atoms with Crippen molar-refractivity contribution in [3.05, 3.63) is 45.9 Å². The van der Waals surface area contributed by atoms with Crippen molar-refractivity contribution in [2.24, 2.45) is 5.92 Å². The number of carbonyl (C=O) groups is 1. The number of nitrogens with zero attached hydrogens (tertiary/aromatic N) is 2. The summed E-state index contributed by atoms with van der Waals surface area (Å²) in [5.74, 6) is 0.493. The molecule has 2 N–H and O–H groups in total. The fraction of sp³-hybridized carbons (Fsp3) is 0.348. The van der Waals surface area contributed by atoms with E-state index in [2.05, 4.69) is 31.4 Å². The second kappa shape index (κ2) is 9.50. The van der Waals surface area contributed by atoms with Gasteiger partial charge in [-0.3, -0.25) is 4.79 Å². The van der Waals surface area contributed by atoms with Gasteiger partial charge in [0.2, 0.25) is 5.82 Å². The van der Waals surface area contributed by atoms with Crippen LogP contribution in [0, 0.1) is 5.92 Å². The Hall–Kier alpha value is -2.58. The molecule has 1 aromatic heterocycles. The van der Waals surface area contributed by atoms with Gasteiger partial charge in [0.1, 0.15) is 5.75 Å². The molecule has 0 aliphatic heterocycles. The van der Waals surface area contributed by atoms with Gasteiger partial charge in [0.05, 0.1) is 27.1 Å². The molecule has 7 nitrogen and oxygen atoms in total. The van der Waals surface area contributed by atoms with Crippen LogP contribution >= 0.6 is 27.5 Å². The van der Waals surface area contributed by atoms with Crippen LogP contribution in [0.1, 0.15) is 33.1 Å². The smallest absolute Gasteiger partial charge is 0.306 e. The number of hydrogen-bond donors (Lipinski definition) is 2. The van der Waals surface area contributed by atoms with E-state index >= 15 is 0 Å². The van der Waals surface area contributed by atoms with Crippen molar-refractivity contribution in [1.82, 2.24) is 10.1 Å². The molecular weight excluding hydrogens is 498 g/mol. The van der Waals surface area contributed by atoms with Gasteiger partial charge in [-0.25, -0.2) is 0 Å². The summed E-state index contributed by atoms with van der Waals surface area (Å²) in [7, 11) is 0. The molecule has 1 aliphatic rings. The first-order valence-electron chi connectivity index (χ1n) is 10.4. The minimum atomic E-state index is -0.732. The van der Waals surface area contributed by atoms with E-state index in [1.165, 1.54) is 0 Å². The van der Waals surface area contributed by atoms with Gasteiger partial charge >= 0.3 is 5.97 Å². The van der Waals surface area contributed by atoms with Gasteiger partial charge < -0.3 is 19.7 Å². The van der Waals surface area contributed by atoms with Crippen LogP contribution < -0.4 is 10.1 Å². The lowest BCUT2D eigenvalue weighted by atomic mass is 10.1. The van der Waals surface area contributed by atoms with Crippen LogP contribution in [0.25, 0.3) is 22.8 Å². The van der Waals surface area contributed by atoms with Crippen molar-refractivity contribution in [3.63, 3.8) is 0 Å². The first kappa shape index (κ1) is 22.6. The third kappa shape index (κ3) is 5.07. The zero-order chi connectivity index (χ0) is 22.8. The van der Waals surface area contributed by atoms with Gasteiger partial charge in [0, 0.05) is 17.3 Å². The maximum Gasteiger partial charge on any atom is 0.306 e. The van der Waals surface area contributed by atoms with E-state index in [4.69, 9.17) is 20.9 Å². The van der Waals surface area contributed by atoms with Crippen molar-refractivity contribution in [2.75, 3.05) is 5.32 Å². The van der Waals surface area contributed by atoms with Gasteiger partial charge in [-0.15, -0.1) is 0 Å². The molecule has 1 aliphatic carbocycles. The van der Waals surface area contributed by atoms with Crippen LogP contribution in [0.2, 0.25) is 5.02 Å². The largest absolute Gasteiger partial charge is 0.490 e. The SMILES string of the molecule is CC(C)Oc1ccc(-c2noc(-c3ccc(N[C@H]4CC[C@@H](C(=O)O)C4)cc3Cl)n2)cc1Br. The molecule has 0 saturated heterocycles. The van der Waals surface area contributed by atoms with Crippen LogP contribution in [-0.2, 0) is 4.79 Å². The van der Waals surface area contributed by atoms with Crippen LogP contribution in [0.3, 0.4) is 0 Å². The predicted octanol–water partition coefficient (Wildman–Crippen LogP) is 6.27. The third-order valence-electron chi connectivity index (χ3n) is 5.33. The maximum absolute atomic E-state index is 11.2. The molecule has 2 aromatic carbocycles. The molecule has 1 fully saturated rings. The van der Waals surface area contributed by atoms with E-state index in [9.17, 15) is 9.90 Å². The molecule has 1 heterocycles. The molecule has 1 saturated carbocycles. The van der Waals surface area contributed by atoms with E-state index in [0.717, 1.165) is 27.9 Å². The molecule has 0 unspecified atom stereocenters. The lowest BCUT2D eigenvalue weighted by Gasteiger charge is -2.14. The summed E-state index contributed by atoms with van der Waals surface area (Å²) in [6.07, 6.45) is 2.18. The summed E-state index contributed by atoms with van der Waals surface area (Å²) >= 11 is 10.0. The maximum atomic E-state index is 11.2. The lowest BCUT2D eigenvalue weighted by molar-refractivity contribution is -0.141. The fourth-order valence-electron chi connectivity index (χ4n) is 3.79. The summed E-state index contributed by atoms with van der Waals surface area (Å²) in [6.45, 7) is 3.94. The summed E-state index contributed by atoms with van der Waals surface area (Å²) in [5.41, 5.74) is 2.25. The molecule has 168 valence electrons. The van der Waals surface area contributed by atoms with E-state index in [1.54, 1.807) is 6.07 Å². The van der Waals surface area contributed by atoms with Gasteiger partial charge in [0.15, 0.2) is 0 Å². The average Bonchev–Trinajstić information content (AvgIpc) is 3.39. The van der Waals surface area contributed by atoms with Gasteiger partial charge in [-0.05, 0) is 85.4 Å². The second-order valence-corrected chi connectivity index (χ2v) is 9.38.